The molecule has 0 aliphatic heterocycles. The minimum Gasteiger partial charge on any atom is -0.497 e. The van der Waals surface area contributed by atoms with Crippen LogP contribution in [0.1, 0.15) is 26.3 Å². The van der Waals surface area contributed by atoms with Crippen molar-refractivity contribution in [1.29, 1.82) is 0 Å². The van der Waals surface area contributed by atoms with Crippen molar-refractivity contribution < 1.29 is 19.1 Å². The summed E-state index contributed by atoms with van der Waals surface area (Å²) < 4.78 is 11.3. The first-order valence-corrected chi connectivity index (χ1v) is 10.8. The predicted octanol–water partition coefficient (Wildman–Crippen LogP) is 6.02. The van der Waals surface area contributed by atoms with E-state index in [1.807, 2.05) is 49.4 Å². The summed E-state index contributed by atoms with van der Waals surface area (Å²) in [4.78, 5) is 30.2. The number of benzene rings is 3. The van der Waals surface area contributed by atoms with Crippen LogP contribution in [0.15, 0.2) is 77.3 Å². The number of fused-ring (bicyclic) bond motifs is 1. The molecule has 0 unspecified atom stereocenters. The number of ether oxygens (including phenoxy) is 2. The molecule has 0 atom stereocenters. The number of hydrogen-bond donors (Lipinski definition) is 0. The van der Waals surface area contributed by atoms with Crippen molar-refractivity contribution >= 4 is 38.6 Å². The van der Waals surface area contributed by atoms with Crippen LogP contribution in [0.3, 0.4) is 0 Å². The zero-order chi connectivity index (χ0) is 22.7. The fraction of sp³-hybridized carbons (Fsp3) is 0.115. The quantitative estimate of drug-likeness (QED) is 0.244. The average molecular weight is 490 g/mol. The van der Waals surface area contributed by atoms with Gasteiger partial charge in [0, 0.05) is 21.0 Å². The topological polar surface area (TPSA) is 65.5 Å². The second kappa shape index (κ2) is 9.32. The van der Waals surface area contributed by atoms with Crippen LogP contribution in [0.25, 0.3) is 22.2 Å². The first kappa shape index (κ1) is 21.7. The molecule has 0 bridgehead atoms. The third kappa shape index (κ3) is 4.70. The maximum Gasteiger partial charge on any atom is 0.339 e. The fourth-order valence-corrected chi connectivity index (χ4v) is 3.67. The van der Waals surface area contributed by atoms with Crippen LogP contribution in [-0.2, 0) is 4.74 Å². The Balaban J connectivity index is 1.63. The van der Waals surface area contributed by atoms with Crippen molar-refractivity contribution in [1.82, 2.24) is 4.98 Å². The molecule has 6 heteroatoms. The number of methoxy groups -OCH3 is 1. The molecule has 0 spiro atoms. The van der Waals surface area contributed by atoms with E-state index in [-0.39, 0.29) is 12.4 Å². The number of esters is 1. The van der Waals surface area contributed by atoms with E-state index in [9.17, 15) is 9.59 Å². The van der Waals surface area contributed by atoms with Crippen LogP contribution >= 0.6 is 15.9 Å². The Morgan fingerprint density at radius 1 is 0.938 bits per heavy atom. The highest BCUT2D eigenvalue weighted by Gasteiger charge is 2.18. The first-order chi connectivity index (χ1) is 15.4. The average Bonchev–Trinajstić information content (AvgIpc) is 2.82. The smallest absolute Gasteiger partial charge is 0.339 e. The number of rotatable bonds is 6. The molecular formula is C26H20BrNO4. The van der Waals surface area contributed by atoms with E-state index < -0.39 is 5.97 Å². The molecule has 0 aliphatic rings. The first-order valence-electron chi connectivity index (χ1n) is 9.96. The summed E-state index contributed by atoms with van der Waals surface area (Å²) in [5.74, 6) is -0.221. The number of aromatic nitrogens is 1. The molecule has 160 valence electrons. The van der Waals surface area contributed by atoms with Crippen molar-refractivity contribution in [2.45, 2.75) is 6.92 Å². The molecule has 0 fully saturated rings. The normalized spacial score (nSPS) is 10.7. The molecule has 0 amide bonds. The van der Waals surface area contributed by atoms with Gasteiger partial charge in [-0.05, 0) is 55.5 Å². The summed E-state index contributed by atoms with van der Waals surface area (Å²) in [6, 6.07) is 21.8. The number of nitrogens with zero attached hydrogens (tertiary/aromatic N) is 1. The maximum atomic E-state index is 13.0. The highest BCUT2D eigenvalue weighted by molar-refractivity contribution is 9.10. The lowest BCUT2D eigenvalue weighted by Crippen LogP contribution is -2.15. The molecule has 1 aromatic heterocycles. The Labute approximate surface area is 194 Å². The second-order valence-electron chi connectivity index (χ2n) is 7.31. The fourth-order valence-electron chi connectivity index (χ4n) is 3.31. The van der Waals surface area contributed by atoms with E-state index >= 15 is 0 Å². The Bertz CT molecular complexity index is 1300. The molecule has 0 saturated heterocycles. The number of Topliss-reactive ketones (excluding diaryl/α,β-unsaturated/α-hetero) is 1. The number of carbonyl (C=O) groups excluding carboxylic acids is 2. The van der Waals surface area contributed by atoms with E-state index in [0.717, 1.165) is 15.6 Å². The molecule has 4 aromatic rings. The zero-order valence-electron chi connectivity index (χ0n) is 17.6. The number of ketones is 1. The minimum absolute atomic E-state index is 0.292. The van der Waals surface area contributed by atoms with Gasteiger partial charge in [0.1, 0.15) is 5.75 Å². The molecule has 0 saturated carbocycles. The second-order valence-corrected chi connectivity index (χ2v) is 8.23. The van der Waals surface area contributed by atoms with Gasteiger partial charge in [0.2, 0.25) is 0 Å². The van der Waals surface area contributed by atoms with E-state index in [1.54, 1.807) is 37.4 Å². The van der Waals surface area contributed by atoms with Crippen molar-refractivity contribution in [3.8, 4) is 17.0 Å². The standard InChI is InChI=1S/C26H20BrNO4/c1-16-3-5-17(6-4-16)24-14-22(21-13-19(27)9-12-23(21)28-24)26(30)32-15-25(29)18-7-10-20(31-2)11-8-18/h3-14H,15H2,1-2H3. The third-order valence-electron chi connectivity index (χ3n) is 5.08. The molecule has 0 radical (unpaired) electrons. The summed E-state index contributed by atoms with van der Waals surface area (Å²) in [7, 11) is 1.56. The van der Waals surface area contributed by atoms with Gasteiger partial charge in [0.25, 0.3) is 0 Å². The Morgan fingerprint density at radius 3 is 2.34 bits per heavy atom. The van der Waals surface area contributed by atoms with Gasteiger partial charge >= 0.3 is 5.97 Å². The van der Waals surface area contributed by atoms with Gasteiger partial charge in [-0.3, -0.25) is 4.79 Å². The summed E-state index contributed by atoms with van der Waals surface area (Å²) >= 11 is 3.45. The van der Waals surface area contributed by atoms with Gasteiger partial charge in [-0.15, -0.1) is 0 Å². The van der Waals surface area contributed by atoms with Crippen molar-refractivity contribution in [3.05, 3.63) is 94.0 Å². The number of hydrogen-bond acceptors (Lipinski definition) is 5. The minimum atomic E-state index is -0.578. The number of halogens is 1. The van der Waals surface area contributed by atoms with Crippen molar-refractivity contribution in [2.24, 2.45) is 0 Å². The molecule has 0 N–H and O–H groups in total. The number of pyridine rings is 1. The molecule has 5 nitrogen and oxygen atoms in total. The van der Waals surface area contributed by atoms with Gasteiger partial charge in [-0.1, -0.05) is 45.8 Å². The van der Waals surface area contributed by atoms with Gasteiger partial charge < -0.3 is 9.47 Å². The third-order valence-corrected chi connectivity index (χ3v) is 5.58. The van der Waals surface area contributed by atoms with Gasteiger partial charge in [-0.25, -0.2) is 9.78 Å². The highest BCUT2D eigenvalue weighted by Crippen LogP contribution is 2.28. The lowest BCUT2D eigenvalue weighted by molar-refractivity contribution is 0.0476. The monoisotopic (exact) mass is 489 g/mol. The van der Waals surface area contributed by atoms with Gasteiger partial charge in [0.05, 0.1) is 23.9 Å². The molecule has 4 rings (SSSR count). The molecular weight excluding hydrogens is 470 g/mol. The number of carbonyl (C=O) groups is 2. The van der Waals surface area contributed by atoms with Crippen LogP contribution in [0.2, 0.25) is 0 Å². The van der Waals surface area contributed by atoms with E-state index in [1.165, 1.54) is 0 Å². The van der Waals surface area contributed by atoms with E-state index in [4.69, 9.17) is 14.5 Å². The molecule has 3 aromatic carbocycles. The van der Waals surface area contributed by atoms with Crippen LogP contribution in [0, 0.1) is 6.92 Å². The van der Waals surface area contributed by atoms with Crippen molar-refractivity contribution in [2.75, 3.05) is 13.7 Å². The largest absolute Gasteiger partial charge is 0.497 e. The summed E-state index contributed by atoms with van der Waals surface area (Å²) in [6.45, 7) is 1.65. The van der Waals surface area contributed by atoms with Gasteiger partial charge in [0.15, 0.2) is 12.4 Å². The van der Waals surface area contributed by atoms with Crippen LogP contribution in [0.4, 0.5) is 0 Å². The maximum absolute atomic E-state index is 13.0. The van der Waals surface area contributed by atoms with Crippen LogP contribution < -0.4 is 4.74 Å². The van der Waals surface area contributed by atoms with Crippen LogP contribution in [-0.4, -0.2) is 30.5 Å². The van der Waals surface area contributed by atoms with E-state index in [2.05, 4.69) is 15.9 Å². The Kier molecular flexibility index (Phi) is 6.32. The summed E-state index contributed by atoms with van der Waals surface area (Å²) in [6.07, 6.45) is 0. The Morgan fingerprint density at radius 2 is 1.66 bits per heavy atom. The molecule has 32 heavy (non-hydrogen) atoms. The lowest BCUT2D eigenvalue weighted by atomic mass is 10.0. The van der Waals surface area contributed by atoms with Gasteiger partial charge in [-0.2, -0.15) is 0 Å². The lowest BCUT2D eigenvalue weighted by Gasteiger charge is -2.11. The highest BCUT2D eigenvalue weighted by atomic mass is 79.9. The van der Waals surface area contributed by atoms with E-state index in [0.29, 0.717) is 33.5 Å². The SMILES string of the molecule is COc1ccc(C(=O)COC(=O)c2cc(-c3ccc(C)cc3)nc3ccc(Br)cc23)cc1. The summed E-state index contributed by atoms with van der Waals surface area (Å²) in [5.41, 5.74) is 4.16. The molecule has 1 heterocycles. The predicted molar refractivity (Wildman–Crippen MR) is 127 cm³/mol. The zero-order valence-corrected chi connectivity index (χ0v) is 19.2. The van der Waals surface area contributed by atoms with Crippen molar-refractivity contribution in [3.63, 3.8) is 0 Å². The van der Waals surface area contributed by atoms with Crippen LogP contribution in [0.5, 0.6) is 5.75 Å². The number of aryl methyl sites for hydroxylation is 1. The Hall–Kier alpha value is -3.51. The molecule has 0 aliphatic carbocycles. The summed E-state index contributed by atoms with van der Waals surface area (Å²) in [5, 5.41) is 0.650.